The molecule has 2 aliphatic rings. The summed E-state index contributed by atoms with van der Waals surface area (Å²) in [4.78, 5) is 22.6. The molecule has 3 aromatic rings. The molecule has 0 spiro atoms. The first-order valence-corrected chi connectivity index (χ1v) is 12.4. The molecule has 36 heavy (non-hydrogen) atoms. The number of rotatable bonds is 2. The lowest BCUT2D eigenvalue weighted by Gasteiger charge is -2.41. The van der Waals surface area contributed by atoms with E-state index in [0.717, 1.165) is 39.9 Å². The first-order chi connectivity index (χ1) is 17.2. The van der Waals surface area contributed by atoms with Crippen molar-refractivity contribution in [3.63, 3.8) is 0 Å². The van der Waals surface area contributed by atoms with Gasteiger partial charge in [0.25, 0.3) is 5.91 Å². The van der Waals surface area contributed by atoms with Gasteiger partial charge in [0.2, 0.25) is 0 Å². The Morgan fingerprint density at radius 1 is 1.00 bits per heavy atom. The van der Waals surface area contributed by atoms with Crippen molar-refractivity contribution in [3.05, 3.63) is 83.4 Å². The number of amidine groups is 1. The van der Waals surface area contributed by atoms with E-state index in [9.17, 15) is 4.79 Å². The SMILES string of the molecule is COc1ccc2c(c1)C(N1CCN(C(=O)c3ccc(C(C)(C)C)cc3)C(C)C1)=Nc1ccccc1O2. The normalized spacial score (nSPS) is 17.4. The molecule has 5 rings (SSSR count). The molecule has 1 fully saturated rings. The van der Waals surface area contributed by atoms with Gasteiger partial charge in [-0.15, -0.1) is 0 Å². The van der Waals surface area contributed by atoms with Crippen LogP contribution in [0.2, 0.25) is 0 Å². The van der Waals surface area contributed by atoms with Crippen LogP contribution in [0.3, 0.4) is 0 Å². The summed E-state index contributed by atoms with van der Waals surface area (Å²) in [7, 11) is 1.66. The predicted octanol–water partition coefficient (Wildman–Crippen LogP) is 6.02. The average Bonchev–Trinajstić information content (AvgIpc) is 3.04. The topological polar surface area (TPSA) is 54.4 Å². The Morgan fingerprint density at radius 3 is 2.44 bits per heavy atom. The first kappa shape index (κ1) is 23.9. The van der Waals surface area contributed by atoms with E-state index in [4.69, 9.17) is 14.5 Å². The zero-order valence-electron chi connectivity index (χ0n) is 21.6. The number of carbonyl (C=O) groups is 1. The van der Waals surface area contributed by atoms with E-state index in [0.29, 0.717) is 19.6 Å². The van der Waals surface area contributed by atoms with E-state index in [1.807, 2.05) is 59.5 Å². The molecule has 0 saturated carbocycles. The largest absolute Gasteiger partial charge is 0.497 e. The zero-order chi connectivity index (χ0) is 25.4. The van der Waals surface area contributed by atoms with Crippen molar-refractivity contribution in [3.8, 4) is 17.2 Å². The van der Waals surface area contributed by atoms with Crippen LogP contribution in [0, 0.1) is 0 Å². The van der Waals surface area contributed by atoms with E-state index in [2.05, 4.69) is 44.7 Å². The van der Waals surface area contributed by atoms with Gasteiger partial charge in [-0.25, -0.2) is 4.99 Å². The Morgan fingerprint density at radius 2 is 1.75 bits per heavy atom. The highest BCUT2D eigenvalue weighted by Crippen LogP contribution is 2.39. The van der Waals surface area contributed by atoms with Gasteiger partial charge < -0.3 is 19.3 Å². The van der Waals surface area contributed by atoms with Crippen LogP contribution < -0.4 is 9.47 Å². The number of ether oxygens (including phenoxy) is 2. The second-order valence-electron chi connectivity index (χ2n) is 10.5. The molecule has 186 valence electrons. The molecule has 6 nitrogen and oxygen atoms in total. The zero-order valence-corrected chi connectivity index (χ0v) is 21.6. The lowest BCUT2D eigenvalue weighted by Crippen LogP contribution is -2.55. The second kappa shape index (κ2) is 9.34. The summed E-state index contributed by atoms with van der Waals surface area (Å²) in [6, 6.07) is 21.7. The third-order valence-corrected chi connectivity index (χ3v) is 6.92. The fourth-order valence-electron chi connectivity index (χ4n) is 4.80. The van der Waals surface area contributed by atoms with Crippen LogP contribution in [-0.4, -0.2) is 54.3 Å². The van der Waals surface area contributed by atoms with Crippen LogP contribution in [0.25, 0.3) is 0 Å². The van der Waals surface area contributed by atoms with Crippen LogP contribution >= 0.6 is 0 Å². The van der Waals surface area contributed by atoms with E-state index >= 15 is 0 Å². The van der Waals surface area contributed by atoms with Crippen LogP contribution in [0.4, 0.5) is 5.69 Å². The molecular formula is C30H33N3O3. The van der Waals surface area contributed by atoms with Crippen LogP contribution in [0.5, 0.6) is 17.2 Å². The van der Waals surface area contributed by atoms with Crippen molar-refractivity contribution in [2.24, 2.45) is 4.99 Å². The fourth-order valence-corrected chi connectivity index (χ4v) is 4.80. The number of methoxy groups -OCH3 is 1. The average molecular weight is 484 g/mol. The Kier molecular flexibility index (Phi) is 6.20. The van der Waals surface area contributed by atoms with E-state index in [-0.39, 0.29) is 17.4 Å². The Bertz CT molecular complexity index is 1310. The molecule has 0 N–H and O–H groups in total. The number of para-hydroxylation sites is 2. The van der Waals surface area contributed by atoms with Crippen molar-refractivity contribution < 1.29 is 14.3 Å². The highest BCUT2D eigenvalue weighted by Gasteiger charge is 2.32. The van der Waals surface area contributed by atoms with Crippen LogP contribution in [0.15, 0.2) is 71.7 Å². The monoisotopic (exact) mass is 483 g/mol. The van der Waals surface area contributed by atoms with Crippen molar-refractivity contribution in [2.75, 3.05) is 26.7 Å². The molecule has 1 unspecified atom stereocenters. The fraction of sp³-hybridized carbons (Fsp3) is 0.333. The molecule has 1 amide bonds. The molecular weight excluding hydrogens is 450 g/mol. The number of benzene rings is 3. The van der Waals surface area contributed by atoms with E-state index in [1.165, 1.54) is 5.56 Å². The highest BCUT2D eigenvalue weighted by atomic mass is 16.5. The predicted molar refractivity (Wildman–Crippen MR) is 143 cm³/mol. The standard InChI is InChI=1S/C30H33N3O3/c1-20-19-32(16-17-33(20)29(34)21-10-12-22(13-11-21)30(2,3)4)28-24-18-23(35-5)14-15-26(24)36-27-9-7-6-8-25(27)31-28/h6-15,18,20H,16-17,19H2,1-5H3. The number of hydrogen-bond acceptors (Lipinski definition) is 5. The summed E-state index contributed by atoms with van der Waals surface area (Å²) in [6.45, 7) is 10.6. The maximum Gasteiger partial charge on any atom is 0.254 e. The van der Waals surface area contributed by atoms with Gasteiger partial charge in [0, 0.05) is 31.2 Å². The van der Waals surface area contributed by atoms with Crippen molar-refractivity contribution >= 4 is 17.4 Å². The van der Waals surface area contributed by atoms with Crippen molar-refractivity contribution in [1.29, 1.82) is 0 Å². The quantitative estimate of drug-likeness (QED) is 0.447. The van der Waals surface area contributed by atoms with Gasteiger partial charge >= 0.3 is 0 Å². The Labute approximate surface area is 213 Å². The molecule has 2 heterocycles. The van der Waals surface area contributed by atoms with Crippen molar-refractivity contribution in [2.45, 2.75) is 39.2 Å². The summed E-state index contributed by atoms with van der Waals surface area (Å²) in [5.74, 6) is 3.11. The molecule has 1 saturated heterocycles. The van der Waals surface area contributed by atoms with E-state index < -0.39 is 0 Å². The number of hydrogen-bond donors (Lipinski definition) is 0. The first-order valence-electron chi connectivity index (χ1n) is 12.4. The van der Waals surface area contributed by atoms with Crippen LogP contribution in [0.1, 0.15) is 49.2 Å². The summed E-state index contributed by atoms with van der Waals surface area (Å²) in [5.41, 5.74) is 3.68. The number of aliphatic imine (C=N–C) groups is 1. The maximum atomic E-state index is 13.4. The second-order valence-corrected chi connectivity index (χ2v) is 10.5. The summed E-state index contributed by atoms with van der Waals surface area (Å²) in [6.07, 6.45) is 0. The molecule has 1 atom stereocenters. The van der Waals surface area contributed by atoms with Gasteiger partial charge in [0.05, 0.1) is 12.7 Å². The lowest BCUT2D eigenvalue weighted by molar-refractivity contribution is 0.0581. The summed E-state index contributed by atoms with van der Waals surface area (Å²) >= 11 is 0. The lowest BCUT2D eigenvalue weighted by atomic mass is 9.86. The number of fused-ring (bicyclic) bond motifs is 2. The van der Waals surface area contributed by atoms with Crippen molar-refractivity contribution in [1.82, 2.24) is 9.80 Å². The molecule has 0 aromatic heterocycles. The molecule has 2 aliphatic heterocycles. The van der Waals surface area contributed by atoms with Crippen LogP contribution in [-0.2, 0) is 5.41 Å². The summed E-state index contributed by atoms with van der Waals surface area (Å²) < 4.78 is 11.7. The maximum absolute atomic E-state index is 13.4. The van der Waals surface area contributed by atoms with Gasteiger partial charge in [0.1, 0.15) is 23.0 Å². The Hall–Kier alpha value is -3.80. The van der Waals surface area contributed by atoms with Gasteiger partial charge in [-0.2, -0.15) is 0 Å². The molecule has 3 aromatic carbocycles. The minimum atomic E-state index is 0.0183. The molecule has 0 aliphatic carbocycles. The third-order valence-electron chi connectivity index (χ3n) is 6.92. The molecule has 6 heteroatoms. The number of nitrogens with zero attached hydrogens (tertiary/aromatic N) is 3. The number of amides is 1. The van der Waals surface area contributed by atoms with Gasteiger partial charge in [-0.3, -0.25) is 4.79 Å². The minimum absolute atomic E-state index is 0.0183. The number of piperazine rings is 1. The van der Waals surface area contributed by atoms with E-state index in [1.54, 1.807) is 7.11 Å². The van der Waals surface area contributed by atoms with Gasteiger partial charge in [-0.05, 0) is 60.4 Å². The van der Waals surface area contributed by atoms with Gasteiger partial charge in [0.15, 0.2) is 5.75 Å². The molecule has 0 radical (unpaired) electrons. The molecule has 0 bridgehead atoms. The summed E-state index contributed by atoms with van der Waals surface area (Å²) in [5, 5.41) is 0. The highest BCUT2D eigenvalue weighted by molar-refractivity contribution is 6.04. The van der Waals surface area contributed by atoms with Gasteiger partial charge in [-0.1, -0.05) is 45.0 Å². The minimum Gasteiger partial charge on any atom is -0.497 e. The smallest absolute Gasteiger partial charge is 0.254 e. The number of carbonyl (C=O) groups excluding carboxylic acids is 1. The Balaban J connectivity index is 1.41. The third kappa shape index (κ3) is 4.55.